The van der Waals surface area contributed by atoms with E-state index < -0.39 is 0 Å². The van der Waals surface area contributed by atoms with Crippen LogP contribution in [0.2, 0.25) is 0 Å². The highest BCUT2D eigenvalue weighted by Crippen LogP contribution is 2.30. The van der Waals surface area contributed by atoms with Crippen molar-refractivity contribution in [2.75, 3.05) is 43.2 Å². The number of methoxy groups -OCH3 is 1. The zero-order valence-corrected chi connectivity index (χ0v) is 15.6. The Labute approximate surface area is 157 Å². The third-order valence-electron chi connectivity index (χ3n) is 4.18. The number of ether oxygens (including phenoxy) is 1. The van der Waals surface area contributed by atoms with Gasteiger partial charge in [-0.15, -0.1) is 11.8 Å². The van der Waals surface area contributed by atoms with Gasteiger partial charge in [-0.3, -0.25) is 9.69 Å². The van der Waals surface area contributed by atoms with Gasteiger partial charge in [-0.25, -0.2) is 4.79 Å². The van der Waals surface area contributed by atoms with E-state index in [1.54, 1.807) is 23.8 Å². The Kier molecular flexibility index (Phi) is 5.68. The lowest BCUT2D eigenvalue weighted by Crippen LogP contribution is -2.37. The summed E-state index contributed by atoms with van der Waals surface area (Å²) in [4.78, 5) is 29.2. The molecule has 1 fully saturated rings. The molecule has 0 unspecified atom stereocenters. The molecule has 1 aliphatic heterocycles. The number of para-hydroxylation sites is 2. The van der Waals surface area contributed by atoms with E-state index in [0.29, 0.717) is 18.8 Å². The van der Waals surface area contributed by atoms with Gasteiger partial charge in [0.2, 0.25) is 5.91 Å². The van der Waals surface area contributed by atoms with Crippen molar-refractivity contribution in [3.8, 4) is 5.75 Å². The summed E-state index contributed by atoms with van der Waals surface area (Å²) in [7, 11) is 1.58. The highest BCUT2D eigenvalue weighted by Gasteiger charge is 2.32. The topological polar surface area (TPSA) is 61.9 Å². The molecule has 0 bridgehead atoms. The molecule has 0 radical (unpaired) electrons. The van der Waals surface area contributed by atoms with Crippen LogP contribution in [0.1, 0.15) is 0 Å². The highest BCUT2D eigenvalue weighted by atomic mass is 32.2. The highest BCUT2D eigenvalue weighted by molar-refractivity contribution is 7.98. The van der Waals surface area contributed by atoms with Crippen LogP contribution in [0.25, 0.3) is 0 Å². The molecular formula is C19H21N3O3S. The van der Waals surface area contributed by atoms with Gasteiger partial charge in [0.05, 0.1) is 12.8 Å². The van der Waals surface area contributed by atoms with Crippen LogP contribution in [0, 0.1) is 0 Å². The van der Waals surface area contributed by atoms with Gasteiger partial charge in [-0.2, -0.15) is 0 Å². The van der Waals surface area contributed by atoms with Gasteiger partial charge >= 0.3 is 6.03 Å². The molecule has 1 saturated heterocycles. The molecule has 0 spiro atoms. The van der Waals surface area contributed by atoms with Crippen LogP contribution in [0.3, 0.4) is 0 Å². The van der Waals surface area contributed by atoms with E-state index in [9.17, 15) is 9.59 Å². The molecule has 3 rings (SSSR count). The first kappa shape index (κ1) is 18.1. The molecule has 6 nitrogen and oxygen atoms in total. The molecule has 1 N–H and O–H groups in total. The van der Waals surface area contributed by atoms with Crippen molar-refractivity contribution in [3.05, 3.63) is 48.5 Å². The fourth-order valence-corrected chi connectivity index (χ4v) is 3.26. The van der Waals surface area contributed by atoms with E-state index in [4.69, 9.17) is 4.74 Å². The molecule has 26 heavy (non-hydrogen) atoms. The zero-order chi connectivity index (χ0) is 18.5. The molecule has 136 valence electrons. The monoisotopic (exact) mass is 371 g/mol. The first-order chi connectivity index (χ1) is 12.6. The minimum absolute atomic E-state index is 0.0226. The third-order valence-corrected chi connectivity index (χ3v) is 4.92. The van der Waals surface area contributed by atoms with Crippen LogP contribution in [0.5, 0.6) is 5.75 Å². The van der Waals surface area contributed by atoms with Gasteiger partial charge < -0.3 is 15.0 Å². The Bertz CT molecular complexity index is 795. The maximum absolute atomic E-state index is 12.7. The quantitative estimate of drug-likeness (QED) is 0.792. The number of anilines is 2. The Morgan fingerprint density at radius 1 is 1.15 bits per heavy atom. The minimum atomic E-state index is -0.211. The first-order valence-electron chi connectivity index (χ1n) is 8.25. The summed E-state index contributed by atoms with van der Waals surface area (Å²) in [6.45, 7) is 1.04. The predicted octanol–water partition coefficient (Wildman–Crippen LogP) is 3.30. The molecule has 3 amide bonds. The van der Waals surface area contributed by atoms with Gasteiger partial charge in [0.25, 0.3) is 0 Å². The lowest BCUT2D eigenvalue weighted by atomic mass is 10.2. The summed E-state index contributed by atoms with van der Waals surface area (Å²) in [6.07, 6.45) is 2.00. The van der Waals surface area contributed by atoms with Gasteiger partial charge in [0.1, 0.15) is 12.3 Å². The molecule has 7 heteroatoms. The average molecular weight is 371 g/mol. The normalized spacial score (nSPS) is 13.8. The zero-order valence-electron chi connectivity index (χ0n) is 14.8. The Balaban J connectivity index is 1.62. The van der Waals surface area contributed by atoms with E-state index >= 15 is 0 Å². The summed E-state index contributed by atoms with van der Waals surface area (Å²) >= 11 is 1.64. The van der Waals surface area contributed by atoms with E-state index in [1.807, 2.05) is 54.8 Å². The van der Waals surface area contributed by atoms with Crippen molar-refractivity contribution in [1.29, 1.82) is 0 Å². The minimum Gasteiger partial charge on any atom is -0.495 e. The Morgan fingerprint density at radius 3 is 2.58 bits per heavy atom. The van der Waals surface area contributed by atoms with Crippen molar-refractivity contribution in [2.45, 2.75) is 4.90 Å². The van der Waals surface area contributed by atoms with E-state index in [1.165, 1.54) is 4.90 Å². The Hall–Kier alpha value is -2.67. The summed E-state index contributed by atoms with van der Waals surface area (Å²) in [6, 6.07) is 14.8. The standard InChI is InChI=1S/C19H21N3O3S/c1-25-17-6-4-3-5-16(17)22-12-11-21(19(22)24)13-18(23)20-14-7-9-15(26-2)10-8-14/h3-10H,11-13H2,1-2H3,(H,20,23). The average Bonchev–Trinajstić information content (AvgIpc) is 3.02. The van der Waals surface area contributed by atoms with Crippen molar-refractivity contribution in [3.63, 3.8) is 0 Å². The number of rotatable bonds is 6. The van der Waals surface area contributed by atoms with E-state index in [2.05, 4.69) is 5.32 Å². The van der Waals surface area contributed by atoms with Gasteiger partial charge in [0.15, 0.2) is 0 Å². The van der Waals surface area contributed by atoms with Crippen LogP contribution in [-0.4, -0.2) is 49.8 Å². The maximum atomic E-state index is 12.7. The predicted molar refractivity (Wildman–Crippen MR) is 104 cm³/mol. The number of urea groups is 1. The fraction of sp³-hybridized carbons (Fsp3) is 0.263. The van der Waals surface area contributed by atoms with Gasteiger partial charge in [-0.1, -0.05) is 12.1 Å². The van der Waals surface area contributed by atoms with Crippen LogP contribution >= 0.6 is 11.8 Å². The molecule has 1 heterocycles. The molecule has 0 aliphatic carbocycles. The number of benzene rings is 2. The molecule has 2 aromatic rings. The van der Waals surface area contributed by atoms with Crippen molar-refractivity contribution >= 4 is 35.1 Å². The molecule has 0 saturated carbocycles. The summed E-state index contributed by atoms with van der Waals surface area (Å²) < 4.78 is 5.33. The van der Waals surface area contributed by atoms with Crippen LogP contribution in [0.4, 0.5) is 16.2 Å². The number of hydrogen-bond donors (Lipinski definition) is 1. The second-order valence-electron chi connectivity index (χ2n) is 5.80. The first-order valence-corrected chi connectivity index (χ1v) is 9.48. The van der Waals surface area contributed by atoms with E-state index in [0.717, 1.165) is 16.3 Å². The summed E-state index contributed by atoms with van der Waals surface area (Å²) in [5, 5.41) is 2.83. The lowest BCUT2D eigenvalue weighted by molar-refractivity contribution is -0.116. The largest absolute Gasteiger partial charge is 0.495 e. The van der Waals surface area contributed by atoms with Gasteiger partial charge in [-0.05, 0) is 42.7 Å². The molecular weight excluding hydrogens is 350 g/mol. The number of nitrogens with one attached hydrogen (secondary N) is 1. The molecule has 0 aromatic heterocycles. The SMILES string of the molecule is COc1ccccc1N1CCN(CC(=O)Nc2ccc(SC)cc2)C1=O. The number of carbonyl (C=O) groups is 2. The van der Waals surface area contributed by atoms with Crippen LogP contribution in [-0.2, 0) is 4.79 Å². The summed E-state index contributed by atoms with van der Waals surface area (Å²) in [5.41, 5.74) is 1.44. The number of amides is 3. The van der Waals surface area contributed by atoms with Crippen LogP contribution < -0.4 is 15.0 Å². The number of nitrogens with zero attached hydrogens (tertiary/aromatic N) is 2. The molecule has 0 atom stereocenters. The second-order valence-corrected chi connectivity index (χ2v) is 6.68. The molecule has 1 aliphatic rings. The van der Waals surface area contributed by atoms with Crippen molar-refractivity contribution < 1.29 is 14.3 Å². The summed E-state index contributed by atoms with van der Waals surface area (Å²) in [5.74, 6) is 0.429. The molecule has 2 aromatic carbocycles. The number of carbonyl (C=O) groups excluding carboxylic acids is 2. The number of hydrogen-bond acceptors (Lipinski definition) is 4. The van der Waals surface area contributed by atoms with Crippen molar-refractivity contribution in [2.24, 2.45) is 0 Å². The van der Waals surface area contributed by atoms with Crippen molar-refractivity contribution in [1.82, 2.24) is 4.90 Å². The number of thioether (sulfide) groups is 1. The lowest BCUT2D eigenvalue weighted by Gasteiger charge is -2.20. The van der Waals surface area contributed by atoms with E-state index in [-0.39, 0.29) is 18.5 Å². The fourth-order valence-electron chi connectivity index (χ4n) is 2.85. The third kappa shape index (κ3) is 3.94. The van der Waals surface area contributed by atoms with Crippen LogP contribution in [0.15, 0.2) is 53.4 Å². The Morgan fingerprint density at radius 2 is 1.88 bits per heavy atom. The smallest absolute Gasteiger partial charge is 0.325 e. The second kappa shape index (κ2) is 8.14. The van der Waals surface area contributed by atoms with Gasteiger partial charge in [0, 0.05) is 23.7 Å². The maximum Gasteiger partial charge on any atom is 0.325 e.